The molecule has 36 heavy (non-hydrogen) atoms. The van der Waals surface area contributed by atoms with Crippen LogP contribution >= 0.6 is 0 Å². The van der Waals surface area contributed by atoms with Gasteiger partial charge in [0.15, 0.2) is 0 Å². The number of aliphatic imine (C=N–C) groups is 1. The molecule has 3 aliphatic rings. The van der Waals surface area contributed by atoms with Crippen LogP contribution in [-0.2, 0) is 5.54 Å². The predicted molar refractivity (Wildman–Crippen MR) is 143 cm³/mol. The molecule has 3 fully saturated rings. The van der Waals surface area contributed by atoms with Crippen molar-refractivity contribution in [2.45, 2.75) is 61.6 Å². The Hall–Kier alpha value is -2.90. The summed E-state index contributed by atoms with van der Waals surface area (Å²) in [6.45, 7) is 0.983. The van der Waals surface area contributed by atoms with Crippen LogP contribution in [0.1, 0.15) is 56.1 Å². The second-order valence-corrected chi connectivity index (χ2v) is 10.8. The number of β-amino-alcohol motifs (C(OH)–C–C–N with tert-alkyl or cyclic N) is 1. The van der Waals surface area contributed by atoms with Gasteiger partial charge in [0, 0.05) is 18.8 Å². The normalized spacial score (nSPS) is 27.6. The molecule has 1 saturated heterocycles. The van der Waals surface area contributed by atoms with Crippen LogP contribution in [0, 0.1) is 0 Å². The Morgan fingerprint density at radius 2 is 1.81 bits per heavy atom. The Bertz CT molecular complexity index is 1120. The average molecular weight is 491 g/mol. The van der Waals surface area contributed by atoms with Crippen molar-refractivity contribution >= 4 is 17.9 Å². The maximum atomic E-state index is 14.0. The predicted octanol–water partition coefficient (Wildman–Crippen LogP) is 4.33. The molecule has 0 bridgehead atoms. The third-order valence-electron chi connectivity index (χ3n) is 8.84. The summed E-state index contributed by atoms with van der Waals surface area (Å²) in [5.74, 6) is 0.657. The second kappa shape index (κ2) is 9.52. The summed E-state index contributed by atoms with van der Waals surface area (Å²) in [6, 6.07) is 16.4. The van der Waals surface area contributed by atoms with Gasteiger partial charge >= 0.3 is 6.03 Å². The molecule has 2 aliphatic carbocycles. The van der Waals surface area contributed by atoms with Crippen LogP contribution in [0.4, 0.5) is 10.5 Å². The third-order valence-corrected chi connectivity index (χ3v) is 8.84. The highest BCUT2D eigenvalue weighted by Crippen LogP contribution is 2.49. The molecule has 7 nitrogen and oxygen atoms in total. The zero-order chi connectivity index (χ0) is 25.4. The van der Waals surface area contributed by atoms with E-state index in [0.717, 1.165) is 56.2 Å². The first-order chi connectivity index (χ1) is 17.4. The highest BCUT2D eigenvalue weighted by Gasteiger charge is 2.56. The summed E-state index contributed by atoms with van der Waals surface area (Å²) in [7, 11) is 5.41. The van der Waals surface area contributed by atoms with Gasteiger partial charge in [-0.3, -0.25) is 9.89 Å². The smallest absolute Gasteiger partial charge is 0.325 e. The first-order valence-electron chi connectivity index (χ1n) is 13.0. The third kappa shape index (κ3) is 4.18. The number of carbonyl (C=O) groups excluding carboxylic acids is 1. The van der Waals surface area contributed by atoms with Crippen LogP contribution in [0.2, 0.25) is 0 Å². The van der Waals surface area contributed by atoms with Crippen LogP contribution in [0.15, 0.2) is 53.5 Å². The fourth-order valence-electron chi connectivity index (χ4n) is 6.41. The molecule has 1 heterocycles. The summed E-state index contributed by atoms with van der Waals surface area (Å²) in [5, 5.41) is 14.7. The number of rotatable bonds is 7. The SMILES string of the molecule is CN=Cc1ccc(N2CC3(CCC(NC)(c4ccccc4)CC3)N(CC3(O)CCC3)C2=O)c(OC)c1. The van der Waals surface area contributed by atoms with Crippen molar-refractivity contribution in [1.82, 2.24) is 10.2 Å². The molecule has 2 saturated carbocycles. The zero-order valence-corrected chi connectivity index (χ0v) is 21.7. The highest BCUT2D eigenvalue weighted by atomic mass is 16.5. The lowest BCUT2D eigenvalue weighted by Gasteiger charge is -2.50. The Morgan fingerprint density at radius 1 is 1.08 bits per heavy atom. The number of anilines is 1. The van der Waals surface area contributed by atoms with Gasteiger partial charge in [-0.1, -0.05) is 36.4 Å². The van der Waals surface area contributed by atoms with Crippen molar-refractivity contribution in [2.75, 3.05) is 39.2 Å². The van der Waals surface area contributed by atoms with Crippen LogP contribution in [0.3, 0.4) is 0 Å². The zero-order valence-electron chi connectivity index (χ0n) is 21.7. The number of methoxy groups -OCH3 is 1. The topological polar surface area (TPSA) is 77.4 Å². The molecule has 2 aromatic rings. The van der Waals surface area contributed by atoms with E-state index >= 15 is 0 Å². The van der Waals surface area contributed by atoms with E-state index in [4.69, 9.17) is 4.74 Å². The Morgan fingerprint density at radius 3 is 2.39 bits per heavy atom. The van der Waals surface area contributed by atoms with Gasteiger partial charge in [0.1, 0.15) is 5.75 Å². The summed E-state index contributed by atoms with van der Waals surface area (Å²) in [5.41, 5.74) is 1.78. The molecule has 0 atom stereocenters. The van der Waals surface area contributed by atoms with Crippen molar-refractivity contribution in [3.63, 3.8) is 0 Å². The maximum absolute atomic E-state index is 14.0. The molecule has 2 aromatic carbocycles. The number of benzene rings is 2. The summed E-state index contributed by atoms with van der Waals surface area (Å²) >= 11 is 0. The van der Waals surface area contributed by atoms with Gasteiger partial charge in [-0.15, -0.1) is 0 Å². The van der Waals surface area contributed by atoms with Gasteiger partial charge in [-0.05, 0) is 75.3 Å². The molecule has 5 rings (SSSR count). The first kappa shape index (κ1) is 24.8. The molecule has 0 unspecified atom stereocenters. The van der Waals surface area contributed by atoms with E-state index in [2.05, 4.69) is 40.6 Å². The molecule has 2 N–H and O–H groups in total. The largest absolute Gasteiger partial charge is 0.495 e. The van der Waals surface area contributed by atoms with Crippen LogP contribution < -0.4 is 15.0 Å². The number of hydrogen-bond acceptors (Lipinski definition) is 5. The molecular weight excluding hydrogens is 452 g/mol. The molecule has 2 amide bonds. The van der Waals surface area contributed by atoms with E-state index in [1.165, 1.54) is 5.56 Å². The molecule has 0 radical (unpaired) electrons. The van der Waals surface area contributed by atoms with Gasteiger partial charge in [-0.2, -0.15) is 0 Å². The number of nitrogens with one attached hydrogen (secondary N) is 1. The van der Waals surface area contributed by atoms with Gasteiger partial charge < -0.3 is 20.1 Å². The summed E-state index contributed by atoms with van der Waals surface area (Å²) in [4.78, 5) is 22.0. The van der Waals surface area contributed by atoms with E-state index in [1.807, 2.05) is 35.0 Å². The minimum absolute atomic E-state index is 0.0396. The molecule has 192 valence electrons. The van der Waals surface area contributed by atoms with E-state index in [-0.39, 0.29) is 17.1 Å². The van der Waals surface area contributed by atoms with Gasteiger partial charge in [-0.25, -0.2) is 4.79 Å². The summed E-state index contributed by atoms with van der Waals surface area (Å²) < 4.78 is 5.71. The number of urea groups is 1. The first-order valence-corrected chi connectivity index (χ1v) is 13.0. The number of carbonyl (C=O) groups is 1. The molecule has 1 spiro atoms. The highest BCUT2D eigenvalue weighted by molar-refractivity contribution is 5.97. The van der Waals surface area contributed by atoms with Crippen molar-refractivity contribution in [2.24, 2.45) is 4.99 Å². The molecule has 1 aliphatic heterocycles. The lowest BCUT2D eigenvalue weighted by molar-refractivity contribution is -0.0690. The maximum Gasteiger partial charge on any atom is 0.325 e. The minimum atomic E-state index is -0.777. The Kier molecular flexibility index (Phi) is 6.55. The lowest BCUT2D eigenvalue weighted by atomic mass is 9.68. The molecule has 7 heteroatoms. The molecular formula is C29H38N4O3. The van der Waals surface area contributed by atoms with Crippen molar-refractivity contribution in [3.05, 3.63) is 59.7 Å². The quantitative estimate of drug-likeness (QED) is 0.567. The fraction of sp³-hybridized carbons (Fsp3) is 0.517. The Balaban J connectivity index is 1.48. The standard InChI is InChI=1S/C29H38N4O3/c1-30-19-22-10-11-24(25(18-22)36-3)32-20-27(33(26(32)34)21-28(35)12-7-13-28)14-16-29(31-2,17-15-27)23-8-5-4-6-9-23/h4-6,8-11,18-19,31,35H,7,12-17,20-21H2,1-3H3. The van der Waals surface area contributed by atoms with E-state index in [1.54, 1.807) is 20.4 Å². The van der Waals surface area contributed by atoms with Gasteiger partial charge in [0.25, 0.3) is 0 Å². The van der Waals surface area contributed by atoms with Gasteiger partial charge in [0.2, 0.25) is 0 Å². The molecule has 0 aromatic heterocycles. The van der Waals surface area contributed by atoms with Crippen LogP contribution in [0.5, 0.6) is 5.75 Å². The number of nitrogens with zero attached hydrogens (tertiary/aromatic N) is 3. The van der Waals surface area contributed by atoms with Crippen molar-refractivity contribution in [1.29, 1.82) is 0 Å². The number of aliphatic hydroxyl groups is 1. The number of ether oxygens (including phenoxy) is 1. The van der Waals surface area contributed by atoms with Crippen LogP contribution in [0.25, 0.3) is 0 Å². The van der Waals surface area contributed by atoms with Gasteiger partial charge in [0.05, 0.1) is 37.0 Å². The van der Waals surface area contributed by atoms with E-state index < -0.39 is 5.60 Å². The Labute approximate surface area is 214 Å². The average Bonchev–Trinajstić information content (AvgIpc) is 3.15. The van der Waals surface area contributed by atoms with Crippen molar-refractivity contribution < 1.29 is 14.6 Å². The minimum Gasteiger partial charge on any atom is -0.495 e. The second-order valence-electron chi connectivity index (χ2n) is 10.8. The summed E-state index contributed by atoms with van der Waals surface area (Å²) in [6.07, 6.45) is 7.88. The lowest BCUT2D eigenvalue weighted by Crippen LogP contribution is -2.59. The monoisotopic (exact) mass is 490 g/mol. The number of amides is 2. The van der Waals surface area contributed by atoms with Crippen molar-refractivity contribution in [3.8, 4) is 5.75 Å². The van der Waals surface area contributed by atoms with Crippen LogP contribution in [-0.4, -0.2) is 67.7 Å². The van der Waals surface area contributed by atoms with E-state index in [0.29, 0.717) is 18.8 Å². The fourth-order valence-corrected chi connectivity index (χ4v) is 6.41. The van der Waals surface area contributed by atoms with E-state index in [9.17, 15) is 9.90 Å². The number of hydrogen-bond donors (Lipinski definition) is 2.